The topological polar surface area (TPSA) is 67.4 Å². The molecular weight excluding hydrogens is 264 g/mol. The maximum Gasteiger partial charge on any atom is 0.319 e. The molecule has 1 aromatic rings. The SMILES string of the molecule is C=C1NC(=O)NC(c2sccc2C)C1C(=O)OCC. The molecule has 5 nitrogen and oxygen atoms in total. The minimum atomic E-state index is -0.602. The van der Waals surface area contributed by atoms with Crippen LogP contribution in [0.25, 0.3) is 0 Å². The van der Waals surface area contributed by atoms with Crippen molar-refractivity contribution in [1.29, 1.82) is 0 Å². The summed E-state index contributed by atoms with van der Waals surface area (Å²) in [5, 5.41) is 7.25. The van der Waals surface area contributed by atoms with E-state index in [0.717, 1.165) is 10.4 Å². The predicted octanol–water partition coefficient (Wildman–Crippen LogP) is 2.10. The third kappa shape index (κ3) is 2.63. The molecule has 2 rings (SSSR count). The van der Waals surface area contributed by atoms with Crippen LogP contribution in [0.3, 0.4) is 0 Å². The Morgan fingerprint density at radius 3 is 2.89 bits per heavy atom. The van der Waals surface area contributed by atoms with Gasteiger partial charge in [-0.2, -0.15) is 0 Å². The van der Waals surface area contributed by atoms with Crippen molar-refractivity contribution in [2.24, 2.45) is 5.92 Å². The molecule has 2 amide bonds. The summed E-state index contributed by atoms with van der Waals surface area (Å²) in [4.78, 5) is 24.6. The van der Waals surface area contributed by atoms with Crippen molar-refractivity contribution in [3.63, 3.8) is 0 Å². The molecule has 1 fully saturated rings. The van der Waals surface area contributed by atoms with Crippen LogP contribution in [0.4, 0.5) is 4.79 Å². The van der Waals surface area contributed by atoms with E-state index in [4.69, 9.17) is 4.74 Å². The molecule has 102 valence electrons. The Morgan fingerprint density at radius 2 is 2.32 bits per heavy atom. The standard InChI is InChI=1S/C13H16N2O3S/c1-4-18-12(16)9-8(3)14-13(17)15-10(9)11-7(2)5-6-19-11/h5-6,9-10H,3-4H2,1-2H3,(H2,14,15,17). The zero-order chi connectivity index (χ0) is 14.0. The van der Waals surface area contributed by atoms with E-state index in [0.29, 0.717) is 12.3 Å². The van der Waals surface area contributed by atoms with Gasteiger partial charge in [-0.15, -0.1) is 11.3 Å². The first-order valence-corrected chi connectivity index (χ1v) is 6.89. The van der Waals surface area contributed by atoms with Crippen molar-refractivity contribution < 1.29 is 14.3 Å². The highest BCUT2D eigenvalue weighted by Crippen LogP contribution is 2.34. The average Bonchev–Trinajstić information content (AvgIpc) is 2.74. The van der Waals surface area contributed by atoms with E-state index in [2.05, 4.69) is 17.2 Å². The molecule has 1 aromatic heterocycles. The normalized spacial score (nSPS) is 22.6. The molecule has 1 saturated heterocycles. The van der Waals surface area contributed by atoms with E-state index < -0.39 is 12.0 Å². The lowest BCUT2D eigenvalue weighted by Crippen LogP contribution is -2.51. The summed E-state index contributed by atoms with van der Waals surface area (Å²) in [6.07, 6.45) is 0. The molecule has 2 heterocycles. The number of nitrogens with one attached hydrogen (secondary N) is 2. The molecule has 0 radical (unpaired) electrons. The summed E-state index contributed by atoms with van der Waals surface area (Å²) in [6, 6.07) is 1.20. The monoisotopic (exact) mass is 280 g/mol. The number of aryl methyl sites for hydroxylation is 1. The Hall–Kier alpha value is -1.82. The zero-order valence-corrected chi connectivity index (χ0v) is 11.7. The molecule has 2 atom stereocenters. The van der Waals surface area contributed by atoms with Gasteiger partial charge < -0.3 is 15.4 Å². The number of ether oxygens (including phenoxy) is 1. The van der Waals surface area contributed by atoms with Crippen LogP contribution >= 0.6 is 11.3 Å². The van der Waals surface area contributed by atoms with Crippen LogP contribution in [0.2, 0.25) is 0 Å². The van der Waals surface area contributed by atoms with E-state index >= 15 is 0 Å². The Morgan fingerprint density at radius 1 is 1.58 bits per heavy atom. The summed E-state index contributed by atoms with van der Waals surface area (Å²) in [5.74, 6) is -0.979. The summed E-state index contributed by atoms with van der Waals surface area (Å²) in [5.41, 5.74) is 1.42. The number of carbonyl (C=O) groups excluding carboxylic acids is 2. The fourth-order valence-electron chi connectivity index (χ4n) is 2.12. The number of carbonyl (C=O) groups is 2. The first kappa shape index (κ1) is 13.6. The summed E-state index contributed by atoms with van der Waals surface area (Å²) in [7, 11) is 0. The highest BCUT2D eigenvalue weighted by molar-refractivity contribution is 7.10. The molecule has 2 unspecified atom stereocenters. The summed E-state index contributed by atoms with van der Waals surface area (Å²) in [6.45, 7) is 7.77. The van der Waals surface area contributed by atoms with Crippen molar-refractivity contribution in [3.8, 4) is 0 Å². The van der Waals surface area contributed by atoms with Crippen LogP contribution in [-0.2, 0) is 9.53 Å². The second-order valence-electron chi connectivity index (χ2n) is 4.30. The molecule has 0 aromatic carbocycles. The third-order valence-electron chi connectivity index (χ3n) is 2.99. The molecule has 1 aliphatic heterocycles. The number of hydrogen-bond donors (Lipinski definition) is 2. The van der Waals surface area contributed by atoms with Crippen molar-refractivity contribution in [3.05, 3.63) is 34.2 Å². The molecule has 6 heteroatoms. The summed E-state index contributed by atoms with van der Waals surface area (Å²) < 4.78 is 5.07. The van der Waals surface area contributed by atoms with Gasteiger partial charge in [-0.3, -0.25) is 4.79 Å². The smallest absolute Gasteiger partial charge is 0.319 e. The Bertz CT molecular complexity index is 524. The van der Waals surface area contributed by atoms with Crippen LogP contribution < -0.4 is 10.6 Å². The van der Waals surface area contributed by atoms with Crippen LogP contribution in [-0.4, -0.2) is 18.6 Å². The number of amides is 2. The van der Waals surface area contributed by atoms with Gasteiger partial charge in [0.05, 0.1) is 12.6 Å². The van der Waals surface area contributed by atoms with Crippen molar-refractivity contribution >= 4 is 23.3 Å². The predicted molar refractivity (Wildman–Crippen MR) is 72.7 cm³/mol. The first-order chi connectivity index (χ1) is 9.04. The molecular formula is C13H16N2O3S. The maximum absolute atomic E-state index is 12.1. The maximum atomic E-state index is 12.1. The first-order valence-electron chi connectivity index (χ1n) is 6.01. The second-order valence-corrected chi connectivity index (χ2v) is 5.25. The quantitative estimate of drug-likeness (QED) is 0.833. The lowest BCUT2D eigenvalue weighted by Gasteiger charge is -2.32. The third-order valence-corrected chi connectivity index (χ3v) is 4.10. The fraction of sp³-hybridized carbons (Fsp3) is 0.385. The minimum absolute atomic E-state index is 0.298. The van der Waals surface area contributed by atoms with Crippen molar-refractivity contribution in [1.82, 2.24) is 10.6 Å². The van der Waals surface area contributed by atoms with Gasteiger partial charge in [-0.1, -0.05) is 6.58 Å². The number of urea groups is 1. The summed E-state index contributed by atoms with van der Waals surface area (Å²) >= 11 is 1.51. The Labute approximate surface area is 115 Å². The van der Waals surface area contributed by atoms with Gasteiger partial charge >= 0.3 is 12.0 Å². The van der Waals surface area contributed by atoms with Crippen molar-refractivity contribution in [2.45, 2.75) is 19.9 Å². The molecule has 1 aliphatic rings. The van der Waals surface area contributed by atoms with Gasteiger partial charge in [0.15, 0.2) is 0 Å². The van der Waals surface area contributed by atoms with E-state index in [9.17, 15) is 9.59 Å². The molecule has 0 spiro atoms. The Balaban J connectivity index is 2.35. The number of rotatable bonds is 3. The minimum Gasteiger partial charge on any atom is -0.465 e. The van der Waals surface area contributed by atoms with Crippen molar-refractivity contribution in [2.75, 3.05) is 6.61 Å². The highest BCUT2D eigenvalue weighted by Gasteiger charge is 2.39. The van der Waals surface area contributed by atoms with E-state index in [1.807, 2.05) is 18.4 Å². The lowest BCUT2D eigenvalue weighted by atomic mass is 9.92. The van der Waals surface area contributed by atoms with Gasteiger partial charge in [0, 0.05) is 10.6 Å². The number of thiophene rings is 1. The zero-order valence-electron chi connectivity index (χ0n) is 10.9. The molecule has 0 aliphatic carbocycles. The van der Waals surface area contributed by atoms with E-state index in [1.54, 1.807) is 6.92 Å². The van der Waals surface area contributed by atoms with Crippen LogP contribution in [0, 0.1) is 12.8 Å². The average molecular weight is 280 g/mol. The van der Waals surface area contributed by atoms with Crippen LogP contribution in [0.15, 0.2) is 23.7 Å². The van der Waals surface area contributed by atoms with E-state index in [-0.39, 0.29) is 12.0 Å². The van der Waals surface area contributed by atoms with Gasteiger partial charge in [-0.25, -0.2) is 4.79 Å². The number of hydrogen-bond acceptors (Lipinski definition) is 4. The molecule has 2 N–H and O–H groups in total. The molecule has 0 saturated carbocycles. The van der Waals surface area contributed by atoms with Crippen LogP contribution in [0.5, 0.6) is 0 Å². The van der Waals surface area contributed by atoms with Gasteiger partial charge in [0.1, 0.15) is 5.92 Å². The fourth-order valence-corrected chi connectivity index (χ4v) is 3.13. The van der Waals surface area contributed by atoms with E-state index in [1.165, 1.54) is 11.3 Å². The Kier molecular flexibility index (Phi) is 3.90. The van der Waals surface area contributed by atoms with Gasteiger partial charge in [0.25, 0.3) is 0 Å². The molecule has 0 bridgehead atoms. The molecule has 19 heavy (non-hydrogen) atoms. The lowest BCUT2D eigenvalue weighted by molar-refractivity contribution is -0.147. The number of esters is 1. The second kappa shape index (κ2) is 5.44. The highest BCUT2D eigenvalue weighted by atomic mass is 32.1. The van der Waals surface area contributed by atoms with Gasteiger partial charge in [-0.05, 0) is 30.9 Å². The largest absolute Gasteiger partial charge is 0.465 e. The van der Waals surface area contributed by atoms with Crippen LogP contribution in [0.1, 0.15) is 23.4 Å². The van der Waals surface area contributed by atoms with Gasteiger partial charge in [0.2, 0.25) is 0 Å².